The number of amides is 1. The largest absolute Gasteiger partial charge is 0.355 e. The van der Waals surface area contributed by atoms with Gasteiger partial charge >= 0.3 is 0 Å². The van der Waals surface area contributed by atoms with Crippen molar-refractivity contribution in [2.24, 2.45) is 0 Å². The van der Waals surface area contributed by atoms with Gasteiger partial charge in [0, 0.05) is 12.6 Å². The number of likely N-dealkylation sites (N-methyl/N-ethyl adjacent to an activating group) is 1. The smallest absolute Gasteiger partial charge is 0.249 e. The summed E-state index contributed by atoms with van der Waals surface area (Å²) in [5, 5.41) is 2.31. The molecule has 0 saturated heterocycles. The van der Waals surface area contributed by atoms with E-state index < -0.39 is 5.83 Å². The zero-order valence-corrected chi connectivity index (χ0v) is 5.79. The molecule has 0 aromatic rings. The first kappa shape index (κ1) is 8.14. The molecule has 1 N–H and O–H groups in total. The minimum absolute atomic E-state index is 0.137. The first-order chi connectivity index (χ1) is 4.09. The minimum Gasteiger partial charge on any atom is -0.355 e. The molecule has 0 atom stereocenters. The van der Waals surface area contributed by atoms with E-state index in [4.69, 9.17) is 0 Å². The molecular weight excluding hydrogens is 121 g/mol. The summed E-state index contributed by atoms with van der Waals surface area (Å²) in [4.78, 5) is 10.5. The van der Waals surface area contributed by atoms with E-state index in [0.29, 0.717) is 0 Å². The molecule has 0 aromatic heterocycles. The number of nitrogens with one attached hydrogen (secondary N) is 1. The number of rotatable bonds is 1. The molecular formula is C6H10FNO. The summed E-state index contributed by atoms with van der Waals surface area (Å²) in [6.07, 6.45) is 0. The van der Waals surface area contributed by atoms with Crippen molar-refractivity contribution >= 4 is 5.91 Å². The van der Waals surface area contributed by atoms with Gasteiger partial charge in [-0.3, -0.25) is 4.79 Å². The van der Waals surface area contributed by atoms with Gasteiger partial charge in [0.1, 0.15) is 5.83 Å². The molecule has 0 aromatic carbocycles. The quantitative estimate of drug-likeness (QED) is 0.528. The van der Waals surface area contributed by atoms with Crippen molar-refractivity contribution in [1.29, 1.82) is 0 Å². The average molecular weight is 131 g/mol. The maximum atomic E-state index is 12.2. The van der Waals surface area contributed by atoms with Crippen LogP contribution >= 0.6 is 0 Å². The van der Waals surface area contributed by atoms with Crippen molar-refractivity contribution in [1.82, 2.24) is 5.32 Å². The van der Waals surface area contributed by atoms with E-state index in [9.17, 15) is 9.18 Å². The summed E-state index contributed by atoms with van der Waals surface area (Å²) in [6, 6.07) is 0. The van der Waals surface area contributed by atoms with E-state index in [-0.39, 0.29) is 11.5 Å². The molecule has 0 aliphatic heterocycles. The molecule has 0 radical (unpaired) electrons. The van der Waals surface area contributed by atoms with Gasteiger partial charge < -0.3 is 5.32 Å². The number of hydrogen-bond acceptors (Lipinski definition) is 1. The van der Waals surface area contributed by atoms with Crippen molar-refractivity contribution in [2.75, 3.05) is 7.05 Å². The molecule has 0 bridgehead atoms. The molecule has 0 unspecified atom stereocenters. The number of allylic oxidation sites excluding steroid dienone is 1. The van der Waals surface area contributed by atoms with Gasteiger partial charge in [-0.25, -0.2) is 4.39 Å². The summed E-state index contributed by atoms with van der Waals surface area (Å²) >= 11 is 0. The third kappa shape index (κ3) is 2.26. The van der Waals surface area contributed by atoms with Crippen LogP contribution < -0.4 is 5.32 Å². The van der Waals surface area contributed by atoms with Crippen LogP contribution in [0.15, 0.2) is 11.4 Å². The van der Waals surface area contributed by atoms with E-state index in [2.05, 4.69) is 5.32 Å². The Kier molecular flexibility index (Phi) is 2.91. The standard InChI is InChI=1S/C6H10FNO/c1-4(5(2)7)6(9)8-3/h1-3H3,(H,8,9)/b5-4-. The normalized spacial score (nSPS) is 12.4. The summed E-state index contributed by atoms with van der Waals surface area (Å²) in [5.41, 5.74) is 0.137. The molecule has 0 saturated carbocycles. The van der Waals surface area contributed by atoms with Crippen LogP contribution in [0, 0.1) is 0 Å². The Morgan fingerprint density at radius 1 is 1.44 bits per heavy atom. The molecule has 0 rings (SSSR count). The van der Waals surface area contributed by atoms with Gasteiger partial charge in [-0.05, 0) is 13.8 Å². The Morgan fingerprint density at radius 3 is 2.00 bits per heavy atom. The Hall–Kier alpha value is -0.860. The van der Waals surface area contributed by atoms with Gasteiger partial charge in [-0.1, -0.05) is 0 Å². The van der Waals surface area contributed by atoms with Gasteiger partial charge in [-0.15, -0.1) is 0 Å². The van der Waals surface area contributed by atoms with Gasteiger partial charge in [0.05, 0.1) is 0 Å². The van der Waals surface area contributed by atoms with Gasteiger partial charge in [0.2, 0.25) is 5.91 Å². The summed E-state index contributed by atoms with van der Waals surface area (Å²) in [5.74, 6) is -0.802. The molecule has 2 nitrogen and oxygen atoms in total. The molecule has 9 heavy (non-hydrogen) atoms. The molecule has 52 valence electrons. The number of carbonyl (C=O) groups excluding carboxylic acids is 1. The molecule has 1 amide bonds. The van der Waals surface area contributed by atoms with Crippen LogP contribution in [0.3, 0.4) is 0 Å². The second-order valence-electron chi connectivity index (χ2n) is 1.74. The Bertz CT molecular complexity index is 147. The zero-order chi connectivity index (χ0) is 7.44. The fourth-order valence-corrected chi connectivity index (χ4v) is 0.344. The topological polar surface area (TPSA) is 29.1 Å². The molecule has 0 heterocycles. The van der Waals surface area contributed by atoms with Crippen LogP contribution in [0.4, 0.5) is 4.39 Å². The fourth-order valence-electron chi connectivity index (χ4n) is 0.344. The summed E-state index contributed by atoms with van der Waals surface area (Å²) in [7, 11) is 1.47. The average Bonchev–Trinajstić information content (AvgIpc) is 1.84. The minimum atomic E-state index is -0.436. The van der Waals surface area contributed by atoms with Crippen molar-refractivity contribution in [3.05, 3.63) is 11.4 Å². The molecule has 0 spiro atoms. The Morgan fingerprint density at radius 2 is 1.89 bits per heavy atom. The first-order valence-electron chi connectivity index (χ1n) is 2.64. The zero-order valence-electron chi connectivity index (χ0n) is 5.79. The van der Waals surface area contributed by atoms with Crippen LogP contribution in [-0.4, -0.2) is 13.0 Å². The lowest BCUT2D eigenvalue weighted by atomic mass is 10.2. The van der Waals surface area contributed by atoms with Crippen LogP contribution in [0.25, 0.3) is 0 Å². The van der Waals surface area contributed by atoms with Crippen LogP contribution in [0.1, 0.15) is 13.8 Å². The fraction of sp³-hybridized carbons (Fsp3) is 0.500. The van der Waals surface area contributed by atoms with Gasteiger partial charge in [0.15, 0.2) is 0 Å². The van der Waals surface area contributed by atoms with E-state index in [1.165, 1.54) is 20.9 Å². The van der Waals surface area contributed by atoms with Gasteiger partial charge in [-0.2, -0.15) is 0 Å². The Labute approximate surface area is 53.8 Å². The summed E-state index contributed by atoms with van der Waals surface area (Å²) < 4.78 is 12.2. The highest BCUT2D eigenvalue weighted by molar-refractivity contribution is 5.92. The number of halogens is 1. The second-order valence-corrected chi connectivity index (χ2v) is 1.74. The van der Waals surface area contributed by atoms with E-state index in [1.807, 2.05) is 0 Å². The molecule has 0 aliphatic rings. The third-order valence-corrected chi connectivity index (χ3v) is 1.08. The highest BCUT2D eigenvalue weighted by Crippen LogP contribution is 2.02. The van der Waals surface area contributed by atoms with Gasteiger partial charge in [0.25, 0.3) is 0 Å². The first-order valence-corrected chi connectivity index (χ1v) is 2.64. The van der Waals surface area contributed by atoms with Crippen molar-refractivity contribution in [2.45, 2.75) is 13.8 Å². The maximum absolute atomic E-state index is 12.2. The van der Waals surface area contributed by atoms with Crippen LogP contribution in [0.5, 0.6) is 0 Å². The SMILES string of the molecule is CNC(=O)/C(C)=C(/C)F. The van der Waals surface area contributed by atoms with Crippen LogP contribution in [-0.2, 0) is 4.79 Å². The monoisotopic (exact) mass is 131 g/mol. The number of carbonyl (C=O) groups is 1. The predicted octanol–water partition coefficient (Wildman–Crippen LogP) is 0.996. The molecule has 3 heteroatoms. The lowest BCUT2D eigenvalue weighted by Crippen LogP contribution is -2.18. The third-order valence-electron chi connectivity index (χ3n) is 1.08. The number of hydrogen-bond donors (Lipinski definition) is 1. The van der Waals surface area contributed by atoms with Crippen molar-refractivity contribution < 1.29 is 9.18 Å². The second kappa shape index (κ2) is 3.22. The molecule has 0 aliphatic carbocycles. The Balaban J connectivity index is 4.21. The maximum Gasteiger partial charge on any atom is 0.249 e. The van der Waals surface area contributed by atoms with E-state index >= 15 is 0 Å². The highest BCUT2D eigenvalue weighted by Gasteiger charge is 2.03. The van der Waals surface area contributed by atoms with Crippen molar-refractivity contribution in [3.8, 4) is 0 Å². The summed E-state index contributed by atoms with van der Waals surface area (Å²) in [6.45, 7) is 2.69. The predicted molar refractivity (Wildman–Crippen MR) is 33.5 cm³/mol. The van der Waals surface area contributed by atoms with Crippen molar-refractivity contribution in [3.63, 3.8) is 0 Å². The van der Waals surface area contributed by atoms with Crippen LogP contribution in [0.2, 0.25) is 0 Å². The highest BCUT2D eigenvalue weighted by atomic mass is 19.1. The lowest BCUT2D eigenvalue weighted by Gasteiger charge is -1.96. The lowest BCUT2D eigenvalue weighted by molar-refractivity contribution is -0.117. The van der Waals surface area contributed by atoms with E-state index in [0.717, 1.165) is 0 Å². The van der Waals surface area contributed by atoms with E-state index in [1.54, 1.807) is 0 Å². The molecule has 0 fully saturated rings.